The highest BCUT2D eigenvalue weighted by atomic mass is 16.2. The van der Waals surface area contributed by atoms with Gasteiger partial charge < -0.3 is 10.2 Å². The zero-order chi connectivity index (χ0) is 19.8. The number of aryl methyl sites for hydroxylation is 2. The first-order chi connectivity index (χ1) is 13.0. The minimum absolute atomic E-state index is 0.0778. The third-order valence-electron chi connectivity index (χ3n) is 4.50. The van der Waals surface area contributed by atoms with Crippen molar-refractivity contribution in [3.8, 4) is 0 Å². The van der Waals surface area contributed by atoms with Gasteiger partial charge in [0, 0.05) is 31.2 Å². The molecule has 0 saturated heterocycles. The molecule has 27 heavy (non-hydrogen) atoms. The minimum Gasteiger partial charge on any atom is -0.339 e. The Labute approximate surface area is 161 Å². The quantitative estimate of drug-likeness (QED) is 0.749. The van der Waals surface area contributed by atoms with E-state index in [2.05, 4.69) is 17.2 Å². The van der Waals surface area contributed by atoms with Crippen molar-refractivity contribution in [3.05, 3.63) is 58.9 Å². The molecule has 0 unspecified atom stereocenters. The number of aromatic nitrogens is 1. The van der Waals surface area contributed by atoms with Crippen LogP contribution in [-0.4, -0.2) is 34.8 Å². The molecule has 5 nitrogen and oxygen atoms in total. The largest absolute Gasteiger partial charge is 0.339 e. The van der Waals surface area contributed by atoms with E-state index in [9.17, 15) is 9.59 Å². The molecule has 144 valence electrons. The summed E-state index contributed by atoms with van der Waals surface area (Å²) in [6, 6.07) is 7.60. The van der Waals surface area contributed by atoms with Gasteiger partial charge in [-0.2, -0.15) is 0 Å². The summed E-state index contributed by atoms with van der Waals surface area (Å²) < 4.78 is 0. The summed E-state index contributed by atoms with van der Waals surface area (Å²) in [5.41, 5.74) is 3.77. The number of carbonyl (C=O) groups is 2. The maximum Gasteiger partial charge on any atom is 0.257 e. The van der Waals surface area contributed by atoms with Crippen LogP contribution in [0.15, 0.2) is 36.7 Å². The summed E-state index contributed by atoms with van der Waals surface area (Å²) >= 11 is 0. The maximum absolute atomic E-state index is 12.8. The maximum atomic E-state index is 12.8. The molecule has 1 aromatic heterocycles. The van der Waals surface area contributed by atoms with Crippen molar-refractivity contribution in [2.75, 3.05) is 18.4 Å². The van der Waals surface area contributed by atoms with Gasteiger partial charge in [0.25, 0.3) is 11.8 Å². The molecule has 0 atom stereocenters. The number of anilines is 1. The van der Waals surface area contributed by atoms with Gasteiger partial charge in [-0.15, -0.1) is 0 Å². The van der Waals surface area contributed by atoms with Gasteiger partial charge in [0.05, 0.1) is 11.1 Å². The van der Waals surface area contributed by atoms with E-state index in [1.165, 1.54) is 12.4 Å². The van der Waals surface area contributed by atoms with Crippen LogP contribution < -0.4 is 5.32 Å². The van der Waals surface area contributed by atoms with Crippen LogP contribution in [0.25, 0.3) is 0 Å². The summed E-state index contributed by atoms with van der Waals surface area (Å²) in [6.45, 7) is 9.52. The van der Waals surface area contributed by atoms with Gasteiger partial charge in [-0.05, 0) is 43.4 Å². The van der Waals surface area contributed by atoms with Crippen LogP contribution in [-0.2, 0) is 6.42 Å². The number of hydrogen-bond donors (Lipinski definition) is 1. The first kappa shape index (κ1) is 20.6. The van der Waals surface area contributed by atoms with Crippen molar-refractivity contribution in [2.24, 2.45) is 0 Å². The smallest absolute Gasteiger partial charge is 0.257 e. The van der Waals surface area contributed by atoms with Crippen LogP contribution in [0.5, 0.6) is 0 Å². The lowest BCUT2D eigenvalue weighted by atomic mass is 10.1. The highest BCUT2D eigenvalue weighted by Crippen LogP contribution is 2.22. The van der Waals surface area contributed by atoms with E-state index >= 15 is 0 Å². The van der Waals surface area contributed by atoms with Gasteiger partial charge in [0.2, 0.25) is 0 Å². The van der Waals surface area contributed by atoms with Crippen LogP contribution in [0.1, 0.15) is 65.5 Å². The van der Waals surface area contributed by atoms with Crippen molar-refractivity contribution in [1.82, 2.24) is 9.88 Å². The Morgan fingerprint density at radius 2 is 1.70 bits per heavy atom. The van der Waals surface area contributed by atoms with E-state index in [4.69, 9.17) is 0 Å². The molecule has 2 rings (SSSR count). The molecule has 0 aliphatic rings. The molecular weight excluding hydrogens is 338 g/mol. The summed E-state index contributed by atoms with van der Waals surface area (Å²) in [5.74, 6) is -0.329. The molecule has 0 aliphatic carbocycles. The van der Waals surface area contributed by atoms with Crippen molar-refractivity contribution >= 4 is 17.5 Å². The average molecular weight is 367 g/mol. The second kappa shape index (κ2) is 9.86. The lowest BCUT2D eigenvalue weighted by Gasteiger charge is -2.21. The summed E-state index contributed by atoms with van der Waals surface area (Å²) in [4.78, 5) is 31.5. The lowest BCUT2D eigenvalue weighted by Crippen LogP contribution is -2.32. The molecule has 2 amide bonds. The van der Waals surface area contributed by atoms with E-state index in [0.29, 0.717) is 24.2 Å². The zero-order valence-electron chi connectivity index (χ0n) is 16.7. The number of hydrogen-bond acceptors (Lipinski definition) is 3. The predicted molar refractivity (Wildman–Crippen MR) is 109 cm³/mol. The van der Waals surface area contributed by atoms with E-state index in [-0.39, 0.29) is 11.8 Å². The SMILES string of the molecule is CCCN(CCC)C(=O)c1cncc(C(=O)Nc2c(C)cccc2CC)c1. The van der Waals surface area contributed by atoms with E-state index in [0.717, 1.165) is 36.1 Å². The van der Waals surface area contributed by atoms with Crippen LogP contribution in [0.4, 0.5) is 5.69 Å². The molecule has 1 aromatic carbocycles. The Kier molecular flexibility index (Phi) is 7.53. The monoisotopic (exact) mass is 367 g/mol. The van der Waals surface area contributed by atoms with Gasteiger partial charge in [-0.3, -0.25) is 14.6 Å². The van der Waals surface area contributed by atoms with Crippen LogP contribution in [0.3, 0.4) is 0 Å². The molecule has 0 aliphatic heterocycles. The standard InChI is InChI=1S/C22H29N3O2/c1-5-11-25(12-6-2)22(27)19-13-18(14-23-15-19)21(26)24-20-16(4)9-8-10-17(20)7-3/h8-10,13-15H,5-7,11-12H2,1-4H3,(H,24,26). The van der Waals surface area contributed by atoms with Crippen LogP contribution >= 0.6 is 0 Å². The fraction of sp³-hybridized carbons (Fsp3) is 0.409. The minimum atomic E-state index is -0.251. The average Bonchev–Trinajstić information content (AvgIpc) is 2.68. The highest BCUT2D eigenvalue weighted by molar-refractivity contribution is 6.06. The molecule has 0 saturated carbocycles. The number of carbonyl (C=O) groups excluding carboxylic acids is 2. The van der Waals surface area contributed by atoms with Gasteiger partial charge in [-0.25, -0.2) is 0 Å². The molecule has 5 heteroatoms. The number of rotatable bonds is 8. The third-order valence-corrected chi connectivity index (χ3v) is 4.50. The second-order valence-corrected chi connectivity index (χ2v) is 6.67. The number of pyridine rings is 1. The molecule has 1 heterocycles. The summed E-state index contributed by atoms with van der Waals surface area (Å²) in [5, 5.41) is 2.99. The molecule has 1 N–H and O–H groups in total. The summed E-state index contributed by atoms with van der Waals surface area (Å²) in [6.07, 6.45) is 5.65. The first-order valence-corrected chi connectivity index (χ1v) is 9.65. The van der Waals surface area contributed by atoms with Crippen molar-refractivity contribution < 1.29 is 9.59 Å². The Balaban J connectivity index is 2.24. The first-order valence-electron chi connectivity index (χ1n) is 9.65. The second-order valence-electron chi connectivity index (χ2n) is 6.67. The Hall–Kier alpha value is -2.69. The van der Waals surface area contributed by atoms with Gasteiger partial charge in [0.15, 0.2) is 0 Å². The number of nitrogens with zero attached hydrogens (tertiary/aromatic N) is 2. The fourth-order valence-electron chi connectivity index (χ4n) is 3.11. The molecule has 0 bridgehead atoms. The predicted octanol–water partition coefficient (Wildman–Crippen LogP) is 4.47. The number of amides is 2. The van der Waals surface area contributed by atoms with Gasteiger partial charge in [-0.1, -0.05) is 39.0 Å². The Morgan fingerprint density at radius 1 is 1.04 bits per heavy atom. The number of benzene rings is 1. The van der Waals surface area contributed by atoms with Crippen molar-refractivity contribution in [2.45, 2.75) is 47.0 Å². The molecule has 2 aromatic rings. The highest BCUT2D eigenvalue weighted by Gasteiger charge is 2.17. The van der Waals surface area contributed by atoms with E-state index in [1.807, 2.05) is 43.9 Å². The molecular formula is C22H29N3O2. The van der Waals surface area contributed by atoms with Gasteiger partial charge in [0.1, 0.15) is 0 Å². The lowest BCUT2D eigenvalue weighted by molar-refractivity contribution is 0.0755. The Bertz CT molecular complexity index is 796. The topological polar surface area (TPSA) is 62.3 Å². The third kappa shape index (κ3) is 5.16. The van der Waals surface area contributed by atoms with Crippen molar-refractivity contribution in [3.63, 3.8) is 0 Å². The van der Waals surface area contributed by atoms with Crippen LogP contribution in [0.2, 0.25) is 0 Å². The van der Waals surface area contributed by atoms with Crippen LogP contribution in [0, 0.1) is 6.92 Å². The normalized spacial score (nSPS) is 10.5. The Morgan fingerprint density at radius 3 is 2.33 bits per heavy atom. The fourth-order valence-corrected chi connectivity index (χ4v) is 3.11. The summed E-state index contributed by atoms with van der Waals surface area (Å²) in [7, 11) is 0. The van der Waals surface area contributed by atoms with Gasteiger partial charge >= 0.3 is 0 Å². The van der Waals surface area contributed by atoms with E-state index in [1.54, 1.807) is 6.07 Å². The molecule has 0 spiro atoms. The number of para-hydroxylation sites is 1. The molecule has 0 radical (unpaired) electrons. The molecule has 0 fully saturated rings. The van der Waals surface area contributed by atoms with E-state index < -0.39 is 0 Å². The zero-order valence-corrected chi connectivity index (χ0v) is 16.7. The number of nitrogens with one attached hydrogen (secondary N) is 1. The van der Waals surface area contributed by atoms with Crippen molar-refractivity contribution in [1.29, 1.82) is 0 Å².